The molecule has 142 valence electrons. The molecule has 2 N–H and O–H groups in total. The number of alkyl halides is 3. The molecule has 0 bridgehead atoms. The zero-order valence-corrected chi connectivity index (χ0v) is 14.6. The molecular formula is C18H19ClF4N2O. The first-order chi connectivity index (χ1) is 11.8. The molecule has 2 rings (SSSR count). The van der Waals surface area contributed by atoms with Crippen molar-refractivity contribution in [1.82, 2.24) is 4.90 Å². The van der Waals surface area contributed by atoms with Crippen LogP contribution in [0.5, 0.6) is 0 Å². The van der Waals surface area contributed by atoms with Gasteiger partial charge in [-0.2, -0.15) is 13.2 Å². The Morgan fingerprint density at radius 1 is 1.00 bits per heavy atom. The van der Waals surface area contributed by atoms with E-state index in [4.69, 9.17) is 5.73 Å². The summed E-state index contributed by atoms with van der Waals surface area (Å²) in [5.74, 6) is -2.35. The number of hydrogen-bond acceptors (Lipinski definition) is 2. The maximum absolute atomic E-state index is 14.2. The Kier molecular flexibility index (Phi) is 8.05. The van der Waals surface area contributed by atoms with Gasteiger partial charge < -0.3 is 10.6 Å². The first kappa shape index (κ1) is 21.9. The van der Waals surface area contributed by atoms with E-state index in [9.17, 15) is 22.4 Å². The monoisotopic (exact) mass is 390 g/mol. The topological polar surface area (TPSA) is 46.3 Å². The average molecular weight is 391 g/mol. The second-order valence-corrected chi connectivity index (χ2v) is 5.48. The zero-order chi connectivity index (χ0) is 18.4. The minimum atomic E-state index is -4.86. The SMILES string of the molecule is Cl.NCCN(CCc1ccccc1)C(=O)c1cccc(C(F)(F)F)c1F. The Hall–Kier alpha value is -2.12. The van der Waals surface area contributed by atoms with Gasteiger partial charge in [-0.25, -0.2) is 4.39 Å². The van der Waals surface area contributed by atoms with E-state index in [1.807, 2.05) is 30.3 Å². The molecule has 0 heterocycles. The first-order valence-corrected chi connectivity index (χ1v) is 7.73. The summed E-state index contributed by atoms with van der Waals surface area (Å²) in [6.45, 7) is 0.484. The number of benzene rings is 2. The van der Waals surface area contributed by atoms with Crippen molar-refractivity contribution in [2.45, 2.75) is 12.6 Å². The van der Waals surface area contributed by atoms with Gasteiger partial charge in [0.1, 0.15) is 5.82 Å². The molecule has 26 heavy (non-hydrogen) atoms. The summed E-state index contributed by atoms with van der Waals surface area (Å²) in [5.41, 5.74) is 4.39. The molecular weight excluding hydrogens is 372 g/mol. The highest BCUT2D eigenvalue weighted by molar-refractivity contribution is 5.94. The van der Waals surface area contributed by atoms with Gasteiger partial charge in [0.15, 0.2) is 0 Å². The summed E-state index contributed by atoms with van der Waals surface area (Å²) in [5, 5.41) is 0. The Morgan fingerprint density at radius 2 is 1.65 bits per heavy atom. The van der Waals surface area contributed by atoms with Crippen LogP contribution in [0.2, 0.25) is 0 Å². The molecule has 3 nitrogen and oxygen atoms in total. The minimum absolute atomic E-state index is 0. The van der Waals surface area contributed by atoms with Gasteiger partial charge in [-0.05, 0) is 24.1 Å². The number of nitrogens with two attached hydrogens (primary N) is 1. The van der Waals surface area contributed by atoms with Crippen molar-refractivity contribution in [2.75, 3.05) is 19.6 Å². The summed E-state index contributed by atoms with van der Waals surface area (Å²) in [4.78, 5) is 13.8. The van der Waals surface area contributed by atoms with Crippen molar-refractivity contribution < 1.29 is 22.4 Å². The highest BCUT2D eigenvalue weighted by atomic mass is 35.5. The molecule has 0 saturated heterocycles. The van der Waals surface area contributed by atoms with Crippen LogP contribution in [-0.2, 0) is 12.6 Å². The molecule has 0 fully saturated rings. The quantitative estimate of drug-likeness (QED) is 0.760. The molecule has 0 aliphatic heterocycles. The van der Waals surface area contributed by atoms with E-state index < -0.39 is 29.0 Å². The van der Waals surface area contributed by atoms with Gasteiger partial charge in [-0.15, -0.1) is 12.4 Å². The number of carbonyl (C=O) groups excluding carboxylic acids is 1. The lowest BCUT2D eigenvalue weighted by atomic mass is 10.1. The second kappa shape index (κ2) is 9.54. The van der Waals surface area contributed by atoms with Gasteiger partial charge in [-0.1, -0.05) is 36.4 Å². The van der Waals surface area contributed by atoms with Crippen LogP contribution in [-0.4, -0.2) is 30.4 Å². The summed E-state index contributed by atoms with van der Waals surface area (Å²) >= 11 is 0. The first-order valence-electron chi connectivity index (χ1n) is 7.73. The van der Waals surface area contributed by atoms with Crippen LogP contribution in [0.15, 0.2) is 48.5 Å². The molecule has 1 amide bonds. The molecule has 0 radical (unpaired) electrons. The van der Waals surface area contributed by atoms with Crippen LogP contribution >= 0.6 is 12.4 Å². The van der Waals surface area contributed by atoms with Crippen molar-refractivity contribution in [3.8, 4) is 0 Å². The van der Waals surface area contributed by atoms with Crippen molar-refractivity contribution in [1.29, 1.82) is 0 Å². The Bertz CT molecular complexity index is 723. The van der Waals surface area contributed by atoms with Gasteiger partial charge >= 0.3 is 6.18 Å². The summed E-state index contributed by atoms with van der Waals surface area (Å²) in [7, 11) is 0. The normalized spacial score (nSPS) is 11.0. The highest BCUT2D eigenvalue weighted by Crippen LogP contribution is 2.32. The van der Waals surface area contributed by atoms with E-state index >= 15 is 0 Å². The van der Waals surface area contributed by atoms with Crippen LogP contribution in [0.3, 0.4) is 0 Å². The molecule has 0 unspecified atom stereocenters. The minimum Gasteiger partial charge on any atom is -0.337 e. The van der Waals surface area contributed by atoms with Crippen LogP contribution in [0.4, 0.5) is 17.6 Å². The maximum Gasteiger partial charge on any atom is 0.419 e. The summed E-state index contributed by atoms with van der Waals surface area (Å²) < 4.78 is 52.7. The van der Waals surface area contributed by atoms with Crippen LogP contribution < -0.4 is 5.73 Å². The molecule has 0 atom stereocenters. The Morgan fingerprint density at radius 3 is 2.23 bits per heavy atom. The fourth-order valence-electron chi connectivity index (χ4n) is 2.47. The Balaban J connectivity index is 0.00000338. The van der Waals surface area contributed by atoms with E-state index in [1.54, 1.807) is 0 Å². The molecule has 0 aromatic heterocycles. The predicted octanol–water partition coefficient (Wildman–Crippen LogP) is 3.91. The molecule has 0 saturated carbocycles. The Labute approximate surface area is 155 Å². The predicted molar refractivity (Wildman–Crippen MR) is 93.8 cm³/mol. The van der Waals surface area contributed by atoms with Crippen LogP contribution in [0, 0.1) is 5.82 Å². The lowest BCUT2D eigenvalue weighted by Gasteiger charge is -2.23. The number of nitrogens with zero attached hydrogens (tertiary/aromatic N) is 1. The van der Waals surface area contributed by atoms with E-state index in [0.29, 0.717) is 12.5 Å². The summed E-state index contributed by atoms with van der Waals surface area (Å²) in [6.07, 6.45) is -4.36. The van der Waals surface area contributed by atoms with Crippen LogP contribution in [0.1, 0.15) is 21.5 Å². The lowest BCUT2D eigenvalue weighted by molar-refractivity contribution is -0.140. The van der Waals surface area contributed by atoms with Gasteiger partial charge in [0.05, 0.1) is 11.1 Å². The second-order valence-electron chi connectivity index (χ2n) is 5.48. The molecule has 0 aliphatic carbocycles. The van der Waals surface area contributed by atoms with E-state index in [1.165, 1.54) is 4.90 Å². The van der Waals surface area contributed by atoms with Gasteiger partial charge in [0.25, 0.3) is 5.91 Å². The average Bonchev–Trinajstić information content (AvgIpc) is 2.58. The van der Waals surface area contributed by atoms with Gasteiger partial charge in [-0.3, -0.25) is 4.79 Å². The smallest absolute Gasteiger partial charge is 0.337 e. The van der Waals surface area contributed by atoms with Crippen LogP contribution in [0.25, 0.3) is 0 Å². The molecule has 2 aromatic rings. The fraction of sp³-hybridized carbons (Fsp3) is 0.278. The number of carbonyl (C=O) groups is 1. The number of rotatable bonds is 6. The van der Waals surface area contributed by atoms with E-state index in [2.05, 4.69) is 0 Å². The third-order valence-electron chi connectivity index (χ3n) is 3.73. The number of hydrogen-bond donors (Lipinski definition) is 1. The van der Waals surface area contributed by atoms with Crippen molar-refractivity contribution in [3.05, 3.63) is 71.0 Å². The van der Waals surface area contributed by atoms with Crippen molar-refractivity contribution in [3.63, 3.8) is 0 Å². The summed E-state index contributed by atoms with van der Waals surface area (Å²) in [6, 6.07) is 12.0. The maximum atomic E-state index is 14.2. The van der Waals surface area contributed by atoms with Gasteiger partial charge in [0.2, 0.25) is 0 Å². The third-order valence-corrected chi connectivity index (χ3v) is 3.73. The number of amides is 1. The molecule has 0 spiro atoms. The lowest BCUT2D eigenvalue weighted by Crippen LogP contribution is -2.37. The molecule has 2 aromatic carbocycles. The van der Waals surface area contributed by atoms with E-state index in [0.717, 1.165) is 17.7 Å². The van der Waals surface area contributed by atoms with Crippen molar-refractivity contribution >= 4 is 18.3 Å². The largest absolute Gasteiger partial charge is 0.419 e. The standard InChI is InChI=1S/C18H18F4N2O.ClH/c19-16-14(7-4-8-15(16)18(20,21)22)17(25)24(12-10-23)11-9-13-5-2-1-3-6-13;/h1-8H,9-12,23H2;1H. The van der Waals surface area contributed by atoms with Gasteiger partial charge in [0, 0.05) is 19.6 Å². The van der Waals surface area contributed by atoms with Crippen molar-refractivity contribution in [2.24, 2.45) is 5.73 Å². The fourth-order valence-corrected chi connectivity index (χ4v) is 2.47. The highest BCUT2D eigenvalue weighted by Gasteiger charge is 2.36. The van der Waals surface area contributed by atoms with E-state index in [-0.39, 0.29) is 32.0 Å². The third kappa shape index (κ3) is 5.44. The zero-order valence-electron chi connectivity index (χ0n) is 13.8. The molecule has 8 heteroatoms. The molecule has 0 aliphatic rings. The number of halogens is 5.